The van der Waals surface area contributed by atoms with Crippen LogP contribution in [0.2, 0.25) is 0 Å². The third-order valence-corrected chi connectivity index (χ3v) is 3.16. The van der Waals surface area contributed by atoms with E-state index in [1.165, 1.54) is 4.21 Å². The van der Waals surface area contributed by atoms with Gasteiger partial charge in [0.05, 0.1) is 10.5 Å². The summed E-state index contributed by atoms with van der Waals surface area (Å²) in [6.45, 7) is 0. The lowest BCUT2D eigenvalue weighted by Gasteiger charge is -1.89. The molecule has 0 spiro atoms. The summed E-state index contributed by atoms with van der Waals surface area (Å²) in [4.78, 5) is 0. The standard InChI is InChI=1S/C8H6OS2/c1-3-7(9-5-1)11-8-4-2-6-10-8/h1-6H. The monoisotopic (exact) mass is 182 g/mol. The Morgan fingerprint density at radius 2 is 2.27 bits per heavy atom. The van der Waals surface area contributed by atoms with E-state index < -0.39 is 0 Å². The summed E-state index contributed by atoms with van der Waals surface area (Å²) < 4.78 is 6.44. The van der Waals surface area contributed by atoms with Gasteiger partial charge in [0.2, 0.25) is 0 Å². The van der Waals surface area contributed by atoms with Gasteiger partial charge in [-0.3, -0.25) is 0 Å². The van der Waals surface area contributed by atoms with E-state index in [2.05, 4.69) is 11.4 Å². The first-order chi connectivity index (χ1) is 5.45. The molecule has 0 fully saturated rings. The van der Waals surface area contributed by atoms with Crippen molar-refractivity contribution < 1.29 is 4.42 Å². The minimum atomic E-state index is 0.951. The van der Waals surface area contributed by atoms with Crippen LogP contribution in [0.15, 0.2) is 49.6 Å². The molecule has 2 aromatic rings. The molecule has 0 bridgehead atoms. The third-order valence-electron chi connectivity index (χ3n) is 1.19. The van der Waals surface area contributed by atoms with Gasteiger partial charge in [-0.2, -0.15) is 0 Å². The van der Waals surface area contributed by atoms with Crippen LogP contribution in [0.4, 0.5) is 0 Å². The molecule has 0 aliphatic carbocycles. The fourth-order valence-corrected chi connectivity index (χ4v) is 2.39. The molecule has 0 atom stereocenters. The average Bonchev–Trinajstić information content (AvgIpc) is 2.60. The lowest BCUT2D eigenvalue weighted by molar-refractivity contribution is 0.474. The molecule has 0 aliphatic rings. The summed E-state index contributed by atoms with van der Waals surface area (Å²) in [6.07, 6.45) is 1.69. The van der Waals surface area contributed by atoms with Crippen LogP contribution in [0, 0.1) is 0 Å². The van der Waals surface area contributed by atoms with Gasteiger partial charge in [-0.25, -0.2) is 0 Å². The Hall–Kier alpha value is -0.670. The number of hydrogen-bond donors (Lipinski definition) is 0. The number of rotatable bonds is 2. The highest BCUT2D eigenvalue weighted by molar-refractivity contribution is 8.01. The fourth-order valence-electron chi connectivity index (χ4n) is 0.742. The summed E-state index contributed by atoms with van der Waals surface area (Å²) in [5.41, 5.74) is 0. The summed E-state index contributed by atoms with van der Waals surface area (Å²) in [7, 11) is 0. The zero-order valence-electron chi connectivity index (χ0n) is 5.69. The Morgan fingerprint density at radius 3 is 2.91 bits per heavy atom. The second-order valence-electron chi connectivity index (χ2n) is 1.97. The fraction of sp³-hybridized carbons (Fsp3) is 0. The van der Waals surface area contributed by atoms with Crippen LogP contribution in [0.1, 0.15) is 0 Å². The molecule has 1 nitrogen and oxygen atoms in total. The van der Waals surface area contributed by atoms with E-state index in [1.54, 1.807) is 29.4 Å². The number of furan rings is 1. The maximum absolute atomic E-state index is 5.18. The molecular weight excluding hydrogens is 176 g/mol. The molecule has 3 heteroatoms. The van der Waals surface area contributed by atoms with Gasteiger partial charge in [0.15, 0.2) is 5.09 Å². The molecule has 0 N–H and O–H groups in total. The van der Waals surface area contributed by atoms with Crippen molar-refractivity contribution in [3.05, 3.63) is 35.9 Å². The van der Waals surface area contributed by atoms with Crippen molar-refractivity contribution >= 4 is 23.1 Å². The minimum absolute atomic E-state index is 0.951. The van der Waals surface area contributed by atoms with Gasteiger partial charge in [-0.05, 0) is 35.3 Å². The Morgan fingerprint density at radius 1 is 1.27 bits per heavy atom. The van der Waals surface area contributed by atoms with E-state index in [-0.39, 0.29) is 0 Å². The molecule has 2 rings (SSSR count). The van der Waals surface area contributed by atoms with Crippen molar-refractivity contribution in [3.8, 4) is 0 Å². The van der Waals surface area contributed by atoms with Crippen LogP contribution in [-0.4, -0.2) is 0 Å². The SMILES string of the molecule is c1coc(Sc2cccs2)c1. The van der Waals surface area contributed by atoms with Gasteiger partial charge >= 0.3 is 0 Å². The van der Waals surface area contributed by atoms with Crippen molar-refractivity contribution in [1.82, 2.24) is 0 Å². The Balaban J connectivity index is 2.14. The number of hydrogen-bond acceptors (Lipinski definition) is 3. The van der Waals surface area contributed by atoms with Crippen molar-refractivity contribution in [1.29, 1.82) is 0 Å². The van der Waals surface area contributed by atoms with E-state index in [1.807, 2.05) is 18.2 Å². The van der Waals surface area contributed by atoms with Gasteiger partial charge in [-0.15, -0.1) is 11.3 Å². The lowest BCUT2D eigenvalue weighted by atomic mass is 10.7. The molecule has 0 saturated heterocycles. The highest BCUT2D eigenvalue weighted by Crippen LogP contribution is 2.30. The molecule has 56 valence electrons. The first kappa shape index (κ1) is 7.00. The molecular formula is C8H6OS2. The highest BCUT2D eigenvalue weighted by atomic mass is 32.2. The maximum atomic E-state index is 5.18. The molecule has 2 heterocycles. The smallest absolute Gasteiger partial charge is 0.165 e. The Labute approximate surface area is 73.0 Å². The summed E-state index contributed by atoms with van der Waals surface area (Å²) in [5, 5.41) is 3.01. The van der Waals surface area contributed by atoms with Crippen LogP contribution in [0.5, 0.6) is 0 Å². The van der Waals surface area contributed by atoms with Crippen LogP contribution < -0.4 is 0 Å². The highest BCUT2D eigenvalue weighted by Gasteiger charge is 1.98. The molecule has 0 amide bonds. The van der Waals surface area contributed by atoms with Crippen molar-refractivity contribution in [2.24, 2.45) is 0 Å². The lowest BCUT2D eigenvalue weighted by Crippen LogP contribution is -1.57. The quantitative estimate of drug-likeness (QED) is 0.705. The summed E-state index contributed by atoms with van der Waals surface area (Å²) in [6, 6.07) is 7.98. The molecule has 11 heavy (non-hydrogen) atoms. The van der Waals surface area contributed by atoms with E-state index in [0.29, 0.717) is 0 Å². The first-order valence-corrected chi connectivity index (χ1v) is 4.89. The maximum Gasteiger partial charge on any atom is 0.165 e. The molecule has 0 aromatic carbocycles. The van der Waals surface area contributed by atoms with Crippen molar-refractivity contribution in [2.75, 3.05) is 0 Å². The zero-order valence-corrected chi connectivity index (χ0v) is 7.32. The molecule has 0 unspecified atom stereocenters. The van der Waals surface area contributed by atoms with Gasteiger partial charge in [0.1, 0.15) is 0 Å². The number of thiophene rings is 1. The van der Waals surface area contributed by atoms with Gasteiger partial charge in [0.25, 0.3) is 0 Å². The molecule has 0 saturated carbocycles. The van der Waals surface area contributed by atoms with Gasteiger partial charge in [0, 0.05) is 0 Å². The largest absolute Gasteiger partial charge is 0.458 e. The minimum Gasteiger partial charge on any atom is -0.458 e. The van der Waals surface area contributed by atoms with Crippen LogP contribution >= 0.6 is 23.1 Å². The third kappa shape index (κ3) is 1.67. The van der Waals surface area contributed by atoms with Crippen molar-refractivity contribution in [2.45, 2.75) is 9.30 Å². The van der Waals surface area contributed by atoms with Crippen LogP contribution in [0.3, 0.4) is 0 Å². The second-order valence-corrected chi connectivity index (χ2v) is 4.22. The van der Waals surface area contributed by atoms with E-state index >= 15 is 0 Å². The normalized spacial score (nSPS) is 10.2. The zero-order chi connectivity index (χ0) is 7.52. The van der Waals surface area contributed by atoms with E-state index in [9.17, 15) is 0 Å². The average molecular weight is 182 g/mol. The second kappa shape index (κ2) is 3.15. The Kier molecular flexibility index (Phi) is 2.01. The topological polar surface area (TPSA) is 13.1 Å². The van der Waals surface area contributed by atoms with Crippen molar-refractivity contribution in [3.63, 3.8) is 0 Å². The van der Waals surface area contributed by atoms with E-state index in [0.717, 1.165) is 5.09 Å². The van der Waals surface area contributed by atoms with Gasteiger partial charge < -0.3 is 4.42 Å². The van der Waals surface area contributed by atoms with Crippen LogP contribution in [0.25, 0.3) is 0 Å². The van der Waals surface area contributed by atoms with E-state index in [4.69, 9.17) is 4.42 Å². The van der Waals surface area contributed by atoms with Gasteiger partial charge in [-0.1, -0.05) is 6.07 Å². The molecule has 0 aliphatic heterocycles. The first-order valence-electron chi connectivity index (χ1n) is 3.20. The predicted molar refractivity (Wildman–Crippen MR) is 47.2 cm³/mol. The van der Waals surface area contributed by atoms with Crippen LogP contribution in [-0.2, 0) is 0 Å². The molecule has 0 radical (unpaired) electrons. The summed E-state index contributed by atoms with van der Waals surface area (Å²) in [5.74, 6) is 0. The predicted octanol–water partition coefficient (Wildman–Crippen LogP) is 3.49. The molecule has 2 aromatic heterocycles. The summed E-state index contributed by atoms with van der Waals surface area (Å²) >= 11 is 3.38. The Bertz CT molecular complexity index is 264.